The zero-order valence-corrected chi connectivity index (χ0v) is 10.5. The van der Waals surface area contributed by atoms with Crippen molar-refractivity contribution in [1.29, 1.82) is 0 Å². The van der Waals surface area contributed by atoms with Gasteiger partial charge in [-0.1, -0.05) is 12.1 Å². The third-order valence-electron chi connectivity index (χ3n) is 2.50. The Morgan fingerprint density at radius 3 is 2.70 bits per heavy atom. The van der Waals surface area contributed by atoms with E-state index in [2.05, 4.69) is 5.32 Å². The molecule has 1 amide bonds. The van der Waals surface area contributed by atoms with Crippen LogP contribution in [0.5, 0.6) is 5.75 Å². The van der Waals surface area contributed by atoms with Crippen molar-refractivity contribution in [3.05, 3.63) is 54.0 Å². The Kier molecular flexibility index (Phi) is 4.39. The molecule has 0 radical (unpaired) electrons. The molecule has 2 aromatic rings. The van der Waals surface area contributed by atoms with E-state index in [1.807, 2.05) is 0 Å². The molecule has 1 aromatic carbocycles. The molecule has 2 rings (SSSR count). The monoisotopic (exact) mass is 275 g/mol. The van der Waals surface area contributed by atoms with Crippen molar-refractivity contribution in [3.63, 3.8) is 0 Å². The number of rotatable bonds is 5. The van der Waals surface area contributed by atoms with E-state index in [4.69, 9.17) is 9.15 Å². The van der Waals surface area contributed by atoms with Gasteiger partial charge >= 0.3 is 5.97 Å². The van der Waals surface area contributed by atoms with Crippen LogP contribution in [0, 0.1) is 0 Å². The SMILES string of the molecule is O=C(COC(=O)c1ccccc1O)NCc1ccco1. The number of aromatic hydroxyl groups is 1. The van der Waals surface area contributed by atoms with E-state index < -0.39 is 18.5 Å². The minimum atomic E-state index is -0.753. The highest BCUT2D eigenvalue weighted by Crippen LogP contribution is 2.16. The van der Waals surface area contributed by atoms with Crippen LogP contribution in [0.15, 0.2) is 47.1 Å². The summed E-state index contributed by atoms with van der Waals surface area (Å²) in [6.45, 7) is -0.201. The summed E-state index contributed by atoms with van der Waals surface area (Å²) in [6.07, 6.45) is 1.50. The van der Waals surface area contributed by atoms with Crippen molar-refractivity contribution in [3.8, 4) is 5.75 Å². The van der Waals surface area contributed by atoms with E-state index in [1.54, 1.807) is 24.3 Å². The Labute approximate surface area is 115 Å². The molecule has 0 fully saturated rings. The Balaban J connectivity index is 1.78. The maximum absolute atomic E-state index is 11.6. The average Bonchev–Trinajstić information content (AvgIpc) is 2.96. The van der Waals surface area contributed by atoms with Crippen LogP contribution >= 0.6 is 0 Å². The van der Waals surface area contributed by atoms with Crippen LogP contribution < -0.4 is 5.32 Å². The second-order valence-corrected chi connectivity index (χ2v) is 3.95. The highest BCUT2D eigenvalue weighted by atomic mass is 16.5. The standard InChI is InChI=1S/C14H13NO5/c16-12-6-2-1-5-11(12)14(18)20-9-13(17)15-8-10-4-3-7-19-10/h1-7,16H,8-9H2,(H,15,17). The lowest BCUT2D eigenvalue weighted by Gasteiger charge is -2.06. The fourth-order valence-electron chi connectivity index (χ4n) is 1.50. The zero-order valence-electron chi connectivity index (χ0n) is 10.5. The number of hydrogen-bond acceptors (Lipinski definition) is 5. The summed E-state index contributed by atoms with van der Waals surface area (Å²) >= 11 is 0. The second kappa shape index (κ2) is 6.42. The van der Waals surface area contributed by atoms with E-state index in [1.165, 1.54) is 18.4 Å². The maximum Gasteiger partial charge on any atom is 0.342 e. The molecule has 0 aliphatic heterocycles. The van der Waals surface area contributed by atoms with E-state index >= 15 is 0 Å². The van der Waals surface area contributed by atoms with Gasteiger partial charge < -0.3 is 19.6 Å². The molecule has 0 spiro atoms. The lowest BCUT2D eigenvalue weighted by Crippen LogP contribution is -2.28. The Morgan fingerprint density at radius 2 is 2.00 bits per heavy atom. The molecule has 0 aliphatic rings. The summed E-state index contributed by atoms with van der Waals surface area (Å²) in [7, 11) is 0. The van der Waals surface area contributed by atoms with Gasteiger partial charge in [-0.2, -0.15) is 0 Å². The topological polar surface area (TPSA) is 88.8 Å². The Hall–Kier alpha value is -2.76. The smallest absolute Gasteiger partial charge is 0.342 e. The number of esters is 1. The first-order valence-electron chi connectivity index (χ1n) is 5.91. The number of ether oxygens (including phenoxy) is 1. The molecular weight excluding hydrogens is 262 g/mol. The summed E-state index contributed by atoms with van der Waals surface area (Å²) in [4.78, 5) is 23.1. The maximum atomic E-state index is 11.6. The molecule has 0 aliphatic carbocycles. The molecule has 1 heterocycles. The zero-order chi connectivity index (χ0) is 14.4. The third kappa shape index (κ3) is 3.61. The molecule has 104 valence electrons. The molecule has 20 heavy (non-hydrogen) atoms. The fraction of sp³-hybridized carbons (Fsp3) is 0.143. The quantitative estimate of drug-likeness (QED) is 0.806. The Bertz CT molecular complexity index is 591. The number of nitrogens with one attached hydrogen (secondary N) is 1. The van der Waals surface area contributed by atoms with Gasteiger partial charge in [0.2, 0.25) is 0 Å². The molecule has 6 nitrogen and oxygen atoms in total. The van der Waals surface area contributed by atoms with Crippen LogP contribution in [0.1, 0.15) is 16.1 Å². The summed E-state index contributed by atoms with van der Waals surface area (Å²) in [5.74, 6) is -0.791. The molecular formula is C14H13NO5. The number of furan rings is 1. The van der Waals surface area contributed by atoms with Gasteiger partial charge in [-0.25, -0.2) is 4.79 Å². The number of carbonyl (C=O) groups excluding carboxylic acids is 2. The number of amides is 1. The predicted octanol–water partition coefficient (Wildman–Crippen LogP) is 1.46. The van der Waals surface area contributed by atoms with Gasteiger partial charge in [0.15, 0.2) is 6.61 Å². The van der Waals surface area contributed by atoms with Gasteiger partial charge in [-0.15, -0.1) is 0 Å². The summed E-state index contributed by atoms with van der Waals surface area (Å²) < 4.78 is 9.84. The van der Waals surface area contributed by atoms with Gasteiger partial charge in [0, 0.05) is 0 Å². The van der Waals surface area contributed by atoms with Crippen molar-refractivity contribution < 1.29 is 23.8 Å². The highest BCUT2D eigenvalue weighted by molar-refractivity contribution is 5.93. The molecule has 0 saturated carbocycles. The molecule has 1 aromatic heterocycles. The molecule has 2 N–H and O–H groups in total. The summed E-state index contributed by atoms with van der Waals surface area (Å²) in [6, 6.07) is 9.38. The molecule has 0 atom stereocenters. The van der Waals surface area contributed by atoms with E-state index in [-0.39, 0.29) is 17.9 Å². The number of phenols is 1. The largest absolute Gasteiger partial charge is 0.507 e. The summed E-state index contributed by atoms with van der Waals surface area (Å²) in [5.41, 5.74) is 0.0198. The van der Waals surface area contributed by atoms with Crippen LogP contribution in [-0.4, -0.2) is 23.6 Å². The first-order valence-corrected chi connectivity index (χ1v) is 5.91. The number of hydrogen-bond donors (Lipinski definition) is 2. The van der Waals surface area contributed by atoms with Gasteiger partial charge in [-0.3, -0.25) is 4.79 Å². The first kappa shape index (κ1) is 13.7. The average molecular weight is 275 g/mol. The highest BCUT2D eigenvalue weighted by Gasteiger charge is 2.13. The lowest BCUT2D eigenvalue weighted by atomic mass is 10.2. The number of para-hydroxylation sites is 1. The molecule has 0 unspecified atom stereocenters. The van der Waals surface area contributed by atoms with E-state index in [9.17, 15) is 14.7 Å². The van der Waals surface area contributed by atoms with Gasteiger partial charge in [0.25, 0.3) is 5.91 Å². The molecule has 6 heteroatoms. The second-order valence-electron chi connectivity index (χ2n) is 3.95. The van der Waals surface area contributed by atoms with Gasteiger partial charge in [0.1, 0.15) is 17.1 Å². The fourth-order valence-corrected chi connectivity index (χ4v) is 1.50. The van der Waals surface area contributed by atoms with E-state index in [0.717, 1.165) is 0 Å². The van der Waals surface area contributed by atoms with Crippen LogP contribution in [-0.2, 0) is 16.1 Å². The lowest BCUT2D eigenvalue weighted by molar-refractivity contribution is -0.124. The predicted molar refractivity (Wildman–Crippen MR) is 68.9 cm³/mol. The normalized spacial score (nSPS) is 10.0. The van der Waals surface area contributed by atoms with Crippen molar-refractivity contribution >= 4 is 11.9 Å². The van der Waals surface area contributed by atoms with Crippen LogP contribution in [0.25, 0.3) is 0 Å². The van der Waals surface area contributed by atoms with Crippen LogP contribution in [0.4, 0.5) is 0 Å². The Morgan fingerprint density at radius 1 is 1.20 bits per heavy atom. The number of carbonyl (C=O) groups is 2. The molecule has 0 saturated heterocycles. The number of phenolic OH excluding ortho intramolecular Hbond substituents is 1. The van der Waals surface area contributed by atoms with Crippen molar-refractivity contribution in [1.82, 2.24) is 5.32 Å². The van der Waals surface area contributed by atoms with Crippen molar-refractivity contribution in [2.45, 2.75) is 6.54 Å². The molecule has 0 bridgehead atoms. The minimum absolute atomic E-state index is 0.0198. The van der Waals surface area contributed by atoms with Crippen LogP contribution in [0.3, 0.4) is 0 Å². The van der Waals surface area contributed by atoms with Gasteiger partial charge in [0.05, 0.1) is 12.8 Å². The number of benzene rings is 1. The van der Waals surface area contributed by atoms with Gasteiger partial charge in [-0.05, 0) is 24.3 Å². The van der Waals surface area contributed by atoms with Crippen molar-refractivity contribution in [2.75, 3.05) is 6.61 Å². The van der Waals surface area contributed by atoms with E-state index in [0.29, 0.717) is 5.76 Å². The first-order chi connectivity index (χ1) is 9.66. The minimum Gasteiger partial charge on any atom is -0.507 e. The summed E-state index contributed by atoms with van der Waals surface area (Å²) in [5, 5.41) is 12.0. The van der Waals surface area contributed by atoms with Crippen LogP contribution in [0.2, 0.25) is 0 Å². The third-order valence-corrected chi connectivity index (χ3v) is 2.50. The van der Waals surface area contributed by atoms with Crippen molar-refractivity contribution in [2.24, 2.45) is 0 Å².